The maximum absolute atomic E-state index is 6.11. The minimum atomic E-state index is 0.0291. The van der Waals surface area contributed by atoms with Crippen LogP contribution in [0.15, 0.2) is 29.0 Å². The summed E-state index contributed by atoms with van der Waals surface area (Å²) < 4.78 is 6.11. The highest BCUT2D eigenvalue weighted by Crippen LogP contribution is 2.49. The molecular formula is C20H28OS2. The third-order valence-electron chi connectivity index (χ3n) is 3.92. The predicted octanol–water partition coefficient (Wildman–Crippen LogP) is 6.93. The van der Waals surface area contributed by atoms with Crippen molar-refractivity contribution in [2.24, 2.45) is 0 Å². The summed E-state index contributed by atoms with van der Waals surface area (Å²) in [6.45, 7) is 20.5. The van der Waals surface area contributed by atoms with E-state index in [0.29, 0.717) is 6.61 Å². The van der Waals surface area contributed by atoms with Crippen LogP contribution in [-0.4, -0.2) is 6.61 Å². The van der Waals surface area contributed by atoms with Crippen molar-refractivity contribution in [2.45, 2.75) is 59.3 Å². The Morgan fingerprint density at radius 2 is 1.52 bits per heavy atom. The Morgan fingerprint density at radius 3 is 1.87 bits per heavy atom. The van der Waals surface area contributed by atoms with Crippen LogP contribution >= 0.6 is 21.6 Å². The number of rotatable bonds is 3. The summed E-state index contributed by atoms with van der Waals surface area (Å²) in [4.78, 5) is 1.14. The first-order chi connectivity index (χ1) is 10.6. The molecule has 1 heterocycles. The van der Waals surface area contributed by atoms with Crippen molar-refractivity contribution in [1.82, 2.24) is 0 Å². The fourth-order valence-electron chi connectivity index (χ4n) is 2.67. The average Bonchev–Trinajstić information content (AvgIpc) is 2.83. The largest absolute Gasteiger partial charge is 0.493 e. The van der Waals surface area contributed by atoms with Crippen molar-refractivity contribution < 1.29 is 4.74 Å². The van der Waals surface area contributed by atoms with Gasteiger partial charge in [0.25, 0.3) is 0 Å². The summed E-state index contributed by atoms with van der Waals surface area (Å²) in [6.07, 6.45) is 0. The minimum Gasteiger partial charge on any atom is -0.493 e. The van der Waals surface area contributed by atoms with E-state index in [0.717, 1.165) is 10.7 Å². The van der Waals surface area contributed by atoms with E-state index in [9.17, 15) is 0 Å². The summed E-state index contributed by atoms with van der Waals surface area (Å²) in [6, 6.07) is 4.59. The smallest absolute Gasteiger partial charge is 0.126 e. The van der Waals surface area contributed by atoms with Crippen molar-refractivity contribution in [3.05, 3.63) is 45.7 Å². The van der Waals surface area contributed by atoms with Crippen LogP contribution < -0.4 is 4.74 Å². The third-order valence-corrected chi connectivity index (χ3v) is 5.95. The van der Waals surface area contributed by atoms with Crippen LogP contribution in [0, 0.1) is 0 Å². The van der Waals surface area contributed by atoms with Gasteiger partial charge in [0.15, 0.2) is 0 Å². The van der Waals surface area contributed by atoms with Gasteiger partial charge in [-0.05, 0) is 40.9 Å². The topological polar surface area (TPSA) is 9.23 Å². The van der Waals surface area contributed by atoms with Crippen LogP contribution in [0.5, 0.6) is 5.75 Å². The zero-order valence-electron chi connectivity index (χ0n) is 15.4. The summed E-state index contributed by atoms with van der Waals surface area (Å²) in [7, 11) is 3.49. The van der Waals surface area contributed by atoms with Gasteiger partial charge in [-0.25, -0.2) is 0 Å². The van der Waals surface area contributed by atoms with Gasteiger partial charge in [0.2, 0.25) is 0 Å². The second kappa shape index (κ2) is 6.60. The Balaban J connectivity index is 2.75. The molecule has 1 aromatic rings. The van der Waals surface area contributed by atoms with Crippen molar-refractivity contribution in [1.29, 1.82) is 0 Å². The van der Waals surface area contributed by atoms with Gasteiger partial charge in [-0.15, -0.1) is 0 Å². The molecule has 0 bridgehead atoms. The quantitative estimate of drug-likeness (QED) is 0.548. The highest BCUT2D eigenvalue weighted by atomic mass is 33.1. The average molecular weight is 349 g/mol. The molecule has 1 nitrogen and oxygen atoms in total. The van der Waals surface area contributed by atoms with Gasteiger partial charge in [-0.3, -0.25) is 0 Å². The Bertz CT molecular complexity index is 608. The van der Waals surface area contributed by atoms with Crippen LogP contribution in [-0.2, 0) is 10.8 Å². The molecule has 0 amide bonds. The van der Waals surface area contributed by atoms with Crippen LogP contribution in [0.2, 0.25) is 0 Å². The molecule has 1 aromatic carbocycles. The number of hydrogen-bond acceptors (Lipinski definition) is 3. The lowest BCUT2D eigenvalue weighted by molar-refractivity contribution is 0.319. The Labute approximate surface area is 149 Å². The van der Waals surface area contributed by atoms with E-state index in [1.54, 1.807) is 21.6 Å². The SMILES string of the molecule is C=C1SSC=C1c1cc(C(C)(C)C)c(OCC)c(C(C)(C)C)c1. The molecule has 0 unspecified atom stereocenters. The first kappa shape index (κ1) is 18.5. The highest BCUT2D eigenvalue weighted by Gasteiger charge is 2.29. The van der Waals surface area contributed by atoms with Gasteiger partial charge in [-0.1, -0.05) is 69.7 Å². The van der Waals surface area contributed by atoms with E-state index in [1.165, 1.54) is 22.3 Å². The first-order valence-electron chi connectivity index (χ1n) is 8.10. The van der Waals surface area contributed by atoms with Crippen LogP contribution in [0.1, 0.15) is 65.2 Å². The standard InChI is InChI=1S/C20H28OS2/c1-9-21-18-16(19(3,4)5)10-14(11-17(18)20(6,7)8)15-12-22-23-13(15)2/h10-12H,2,9H2,1,3-8H3. The number of benzene rings is 1. The van der Waals surface area contributed by atoms with E-state index in [2.05, 4.69) is 72.6 Å². The second-order valence-electron chi connectivity index (χ2n) is 7.97. The Kier molecular flexibility index (Phi) is 5.32. The summed E-state index contributed by atoms with van der Waals surface area (Å²) in [5.74, 6) is 1.06. The van der Waals surface area contributed by atoms with Crippen molar-refractivity contribution in [3.8, 4) is 5.75 Å². The second-order valence-corrected chi connectivity index (χ2v) is 10.1. The van der Waals surface area contributed by atoms with E-state index in [4.69, 9.17) is 4.74 Å². The fourth-order valence-corrected chi connectivity index (χ4v) is 4.60. The van der Waals surface area contributed by atoms with Gasteiger partial charge < -0.3 is 4.74 Å². The van der Waals surface area contributed by atoms with Gasteiger partial charge in [0.05, 0.1) is 6.61 Å². The first-order valence-corrected chi connectivity index (χ1v) is 10.3. The van der Waals surface area contributed by atoms with Crippen LogP contribution in [0.4, 0.5) is 0 Å². The van der Waals surface area contributed by atoms with Crippen molar-refractivity contribution >= 4 is 27.2 Å². The van der Waals surface area contributed by atoms with Gasteiger partial charge in [0.1, 0.15) is 5.75 Å². The van der Waals surface area contributed by atoms with Crippen LogP contribution in [0.3, 0.4) is 0 Å². The molecule has 0 aliphatic carbocycles. The molecule has 126 valence electrons. The third kappa shape index (κ3) is 4.00. The fraction of sp³-hybridized carbons (Fsp3) is 0.500. The summed E-state index contributed by atoms with van der Waals surface area (Å²) >= 11 is 0. The molecule has 23 heavy (non-hydrogen) atoms. The van der Waals surface area contributed by atoms with Crippen molar-refractivity contribution in [3.63, 3.8) is 0 Å². The lowest BCUT2D eigenvalue weighted by Gasteiger charge is -2.30. The molecule has 0 atom stereocenters. The zero-order chi connectivity index (χ0) is 17.4. The summed E-state index contributed by atoms with van der Waals surface area (Å²) in [5, 5.41) is 2.21. The van der Waals surface area contributed by atoms with E-state index >= 15 is 0 Å². The molecule has 0 spiro atoms. The molecule has 1 aliphatic heterocycles. The molecule has 0 radical (unpaired) electrons. The monoisotopic (exact) mass is 348 g/mol. The number of ether oxygens (including phenoxy) is 1. The molecule has 0 saturated carbocycles. The number of hydrogen-bond donors (Lipinski definition) is 0. The van der Waals surface area contributed by atoms with E-state index in [-0.39, 0.29) is 10.8 Å². The molecule has 0 aromatic heterocycles. The Morgan fingerprint density at radius 1 is 1.00 bits per heavy atom. The molecule has 0 N–H and O–H groups in total. The van der Waals surface area contributed by atoms with E-state index in [1.807, 2.05) is 0 Å². The normalized spacial score (nSPS) is 15.8. The molecule has 0 saturated heterocycles. The molecular weight excluding hydrogens is 320 g/mol. The Hall–Kier alpha value is -0.800. The van der Waals surface area contributed by atoms with Gasteiger partial charge >= 0.3 is 0 Å². The molecule has 0 fully saturated rings. The number of allylic oxidation sites excluding steroid dienone is 1. The lowest BCUT2D eigenvalue weighted by atomic mass is 9.77. The predicted molar refractivity (Wildman–Crippen MR) is 107 cm³/mol. The molecule has 3 heteroatoms. The molecule has 1 aliphatic rings. The van der Waals surface area contributed by atoms with Gasteiger partial charge in [0, 0.05) is 21.6 Å². The van der Waals surface area contributed by atoms with E-state index < -0.39 is 0 Å². The summed E-state index contributed by atoms with van der Waals surface area (Å²) in [5.41, 5.74) is 5.11. The lowest BCUT2D eigenvalue weighted by Crippen LogP contribution is -2.20. The minimum absolute atomic E-state index is 0.0291. The van der Waals surface area contributed by atoms with Crippen molar-refractivity contribution in [2.75, 3.05) is 6.61 Å². The zero-order valence-corrected chi connectivity index (χ0v) is 17.0. The maximum Gasteiger partial charge on any atom is 0.126 e. The molecule has 2 rings (SSSR count). The van der Waals surface area contributed by atoms with Gasteiger partial charge in [-0.2, -0.15) is 0 Å². The van der Waals surface area contributed by atoms with Crippen LogP contribution in [0.25, 0.3) is 5.57 Å². The highest BCUT2D eigenvalue weighted by molar-refractivity contribution is 8.80. The maximum atomic E-state index is 6.11.